The average molecular weight is 214 g/mol. The molecule has 15 heavy (non-hydrogen) atoms. The number of amides is 1. The molecule has 86 valence electrons. The van der Waals surface area contributed by atoms with E-state index in [1.54, 1.807) is 7.05 Å². The molecule has 5 heteroatoms. The maximum Gasteiger partial charge on any atom is 0.407 e. The van der Waals surface area contributed by atoms with Crippen molar-refractivity contribution in [1.29, 1.82) is 0 Å². The molecule has 0 spiro atoms. The van der Waals surface area contributed by atoms with E-state index in [0.717, 1.165) is 11.3 Å². The number of likely N-dealkylation sites (N-methyl/N-ethyl adjacent to an activating group) is 1. The highest BCUT2D eigenvalue weighted by Crippen LogP contribution is 1.95. The third kappa shape index (κ3) is 5.85. The first-order valence-electron chi connectivity index (χ1n) is 4.91. The molecule has 0 bridgehead atoms. The molecule has 0 heterocycles. The van der Waals surface area contributed by atoms with Crippen LogP contribution < -0.4 is 5.32 Å². The molecule has 0 aliphatic rings. The third-order valence-corrected chi connectivity index (χ3v) is 1.96. The molecule has 2 N–H and O–H groups in total. The Morgan fingerprint density at radius 2 is 2.27 bits per heavy atom. The number of hydrogen-bond donors (Lipinski definition) is 2. The van der Waals surface area contributed by atoms with Gasteiger partial charge < -0.3 is 15.2 Å². The van der Waals surface area contributed by atoms with E-state index in [1.807, 2.05) is 19.1 Å². The maximum atomic E-state index is 10.7. The predicted octanol–water partition coefficient (Wildman–Crippen LogP) is 0.720. The smallest absolute Gasteiger partial charge is 0.407 e. The molecule has 0 rings (SSSR count). The summed E-state index contributed by atoms with van der Waals surface area (Å²) in [5, 5.41) is 11.8. The van der Waals surface area contributed by atoms with Crippen molar-refractivity contribution in [1.82, 2.24) is 10.2 Å². The van der Waals surface area contributed by atoms with Gasteiger partial charge in [0.1, 0.15) is 6.29 Å². The molecule has 1 unspecified atom stereocenters. The SMILES string of the molecule is CC/C=C\C(CN(CC=O)C(=O)O)NC. The molecule has 0 fully saturated rings. The fraction of sp³-hybridized carbons (Fsp3) is 0.600. The van der Waals surface area contributed by atoms with Gasteiger partial charge in [-0.2, -0.15) is 0 Å². The fourth-order valence-electron chi connectivity index (χ4n) is 1.11. The Labute approximate surface area is 89.8 Å². The van der Waals surface area contributed by atoms with Crippen molar-refractivity contribution in [2.75, 3.05) is 20.1 Å². The number of nitrogens with one attached hydrogen (secondary N) is 1. The largest absolute Gasteiger partial charge is 0.465 e. The van der Waals surface area contributed by atoms with E-state index in [-0.39, 0.29) is 19.1 Å². The van der Waals surface area contributed by atoms with Gasteiger partial charge in [0.25, 0.3) is 0 Å². The first-order valence-corrected chi connectivity index (χ1v) is 4.91. The molecular weight excluding hydrogens is 196 g/mol. The second-order valence-electron chi connectivity index (χ2n) is 3.09. The van der Waals surface area contributed by atoms with Crippen LogP contribution in [-0.4, -0.2) is 48.6 Å². The van der Waals surface area contributed by atoms with Crippen LogP contribution in [0.1, 0.15) is 13.3 Å². The lowest BCUT2D eigenvalue weighted by molar-refractivity contribution is -0.108. The molecule has 0 saturated carbocycles. The Morgan fingerprint density at radius 3 is 2.67 bits per heavy atom. The number of nitrogens with zero attached hydrogens (tertiary/aromatic N) is 1. The normalized spacial score (nSPS) is 12.7. The Morgan fingerprint density at radius 1 is 1.60 bits per heavy atom. The van der Waals surface area contributed by atoms with Crippen molar-refractivity contribution in [3.8, 4) is 0 Å². The van der Waals surface area contributed by atoms with Crippen LogP contribution >= 0.6 is 0 Å². The van der Waals surface area contributed by atoms with Gasteiger partial charge in [-0.05, 0) is 13.5 Å². The minimum absolute atomic E-state index is 0.0546. The molecule has 1 atom stereocenters. The Hall–Kier alpha value is -1.36. The van der Waals surface area contributed by atoms with Crippen molar-refractivity contribution in [3.05, 3.63) is 12.2 Å². The van der Waals surface area contributed by atoms with E-state index in [9.17, 15) is 9.59 Å². The van der Waals surface area contributed by atoms with E-state index in [4.69, 9.17) is 5.11 Å². The summed E-state index contributed by atoms with van der Waals surface area (Å²) in [5.41, 5.74) is 0. The molecule has 1 amide bonds. The lowest BCUT2D eigenvalue weighted by Gasteiger charge is -2.21. The molecule has 0 radical (unpaired) electrons. The van der Waals surface area contributed by atoms with E-state index >= 15 is 0 Å². The van der Waals surface area contributed by atoms with Crippen molar-refractivity contribution in [3.63, 3.8) is 0 Å². The van der Waals surface area contributed by atoms with Crippen molar-refractivity contribution < 1.29 is 14.7 Å². The average Bonchev–Trinajstić information content (AvgIpc) is 2.22. The van der Waals surface area contributed by atoms with E-state index in [2.05, 4.69) is 5.32 Å². The lowest BCUT2D eigenvalue weighted by atomic mass is 10.2. The van der Waals surface area contributed by atoms with Gasteiger partial charge in [0, 0.05) is 12.6 Å². The van der Waals surface area contributed by atoms with E-state index in [0.29, 0.717) is 6.29 Å². The summed E-state index contributed by atoms with van der Waals surface area (Å²) >= 11 is 0. The van der Waals surface area contributed by atoms with Gasteiger partial charge in [0.05, 0.1) is 6.54 Å². The van der Waals surface area contributed by atoms with Gasteiger partial charge in [0.15, 0.2) is 0 Å². The minimum Gasteiger partial charge on any atom is -0.465 e. The maximum absolute atomic E-state index is 10.7. The summed E-state index contributed by atoms with van der Waals surface area (Å²) in [7, 11) is 1.76. The fourth-order valence-corrected chi connectivity index (χ4v) is 1.11. The molecule has 0 saturated heterocycles. The van der Waals surface area contributed by atoms with Crippen LogP contribution in [0.25, 0.3) is 0 Å². The molecule has 0 aromatic carbocycles. The van der Waals surface area contributed by atoms with Crippen molar-refractivity contribution in [2.45, 2.75) is 19.4 Å². The molecular formula is C10H18N2O3. The number of allylic oxidation sites excluding steroid dienone is 1. The highest BCUT2D eigenvalue weighted by atomic mass is 16.4. The van der Waals surface area contributed by atoms with Crippen molar-refractivity contribution >= 4 is 12.4 Å². The zero-order chi connectivity index (χ0) is 11.7. The number of hydrogen-bond acceptors (Lipinski definition) is 3. The lowest BCUT2D eigenvalue weighted by Crippen LogP contribution is -2.41. The van der Waals surface area contributed by atoms with Crippen LogP contribution in [0.3, 0.4) is 0 Å². The molecule has 0 aromatic rings. The van der Waals surface area contributed by atoms with Gasteiger partial charge in [-0.25, -0.2) is 4.79 Å². The molecule has 0 aliphatic carbocycles. The topological polar surface area (TPSA) is 69.6 Å². The zero-order valence-electron chi connectivity index (χ0n) is 9.14. The first-order chi connectivity index (χ1) is 7.15. The Kier molecular flexibility index (Phi) is 7.27. The van der Waals surface area contributed by atoms with Crippen LogP contribution in [0, 0.1) is 0 Å². The monoisotopic (exact) mass is 214 g/mol. The second kappa shape index (κ2) is 7.99. The highest BCUT2D eigenvalue weighted by Gasteiger charge is 2.14. The zero-order valence-corrected chi connectivity index (χ0v) is 9.14. The van der Waals surface area contributed by atoms with Crippen LogP contribution in [0.2, 0.25) is 0 Å². The van der Waals surface area contributed by atoms with Crippen LogP contribution in [-0.2, 0) is 4.79 Å². The van der Waals surface area contributed by atoms with Crippen LogP contribution in [0.5, 0.6) is 0 Å². The summed E-state index contributed by atoms with van der Waals surface area (Å²) in [4.78, 5) is 22.1. The minimum atomic E-state index is -1.08. The first kappa shape index (κ1) is 13.6. The summed E-state index contributed by atoms with van der Waals surface area (Å²) in [5.74, 6) is 0. The van der Waals surface area contributed by atoms with Gasteiger partial charge in [-0.1, -0.05) is 19.1 Å². The number of carboxylic acid groups (broad SMARTS) is 1. The molecule has 0 aliphatic heterocycles. The third-order valence-electron chi connectivity index (χ3n) is 1.96. The quantitative estimate of drug-likeness (QED) is 0.484. The highest BCUT2D eigenvalue weighted by molar-refractivity contribution is 5.69. The summed E-state index contributed by atoms with van der Waals surface area (Å²) < 4.78 is 0. The summed E-state index contributed by atoms with van der Waals surface area (Å²) in [6, 6.07) is -0.0546. The summed E-state index contributed by atoms with van der Waals surface area (Å²) in [6.07, 6.45) is 4.28. The van der Waals surface area contributed by atoms with E-state index in [1.165, 1.54) is 0 Å². The number of rotatable bonds is 7. The van der Waals surface area contributed by atoms with Gasteiger partial charge in [-0.3, -0.25) is 4.90 Å². The standard InChI is InChI=1S/C10H18N2O3/c1-3-4-5-9(11-2)8-12(6-7-13)10(14)15/h4-5,7,9,11H,3,6,8H2,1-2H3,(H,14,15)/b5-4-. The Balaban J connectivity index is 4.27. The van der Waals surface area contributed by atoms with Gasteiger partial charge >= 0.3 is 6.09 Å². The van der Waals surface area contributed by atoms with Crippen LogP contribution in [0.4, 0.5) is 4.79 Å². The van der Waals surface area contributed by atoms with Gasteiger partial charge in [-0.15, -0.1) is 0 Å². The molecule has 0 aromatic heterocycles. The molecule has 5 nitrogen and oxygen atoms in total. The summed E-state index contributed by atoms with van der Waals surface area (Å²) in [6.45, 7) is 2.19. The Bertz CT molecular complexity index is 229. The second-order valence-corrected chi connectivity index (χ2v) is 3.09. The van der Waals surface area contributed by atoms with Gasteiger partial charge in [0.2, 0.25) is 0 Å². The number of carbonyl (C=O) groups excluding carboxylic acids is 1. The predicted molar refractivity (Wildman–Crippen MR) is 57.9 cm³/mol. The van der Waals surface area contributed by atoms with Crippen LogP contribution in [0.15, 0.2) is 12.2 Å². The number of aldehydes is 1. The van der Waals surface area contributed by atoms with Crippen molar-refractivity contribution in [2.24, 2.45) is 0 Å². The number of carbonyl (C=O) groups is 2. The van der Waals surface area contributed by atoms with E-state index < -0.39 is 6.09 Å².